The molecule has 1 aromatic rings. The first-order valence-electron chi connectivity index (χ1n) is 6.57. The lowest BCUT2D eigenvalue weighted by molar-refractivity contribution is -0.137. The van der Waals surface area contributed by atoms with E-state index in [1.807, 2.05) is 13.8 Å². The number of halogens is 2. The number of nitrogens with zero attached hydrogens (tertiary/aromatic N) is 1. The lowest BCUT2D eigenvalue weighted by atomic mass is 9.94. The smallest absolute Gasteiger partial charge is 0.229 e. The van der Waals surface area contributed by atoms with Crippen LogP contribution in [0.25, 0.3) is 0 Å². The van der Waals surface area contributed by atoms with E-state index in [1.165, 1.54) is 12.1 Å². The molecule has 0 unspecified atom stereocenters. The summed E-state index contributed by atoms with van der Waals surface area (Å²) in [5.74, 6) is 0.657. The molecule has 0 atom stereocenters. The van der Waals surface area contributed by atoms with Gasteiger partial charge in [-0.15, -0.1) is 11.6 Å². The normalized spacial score (nSPS) is 11.2. The molecule has 0 N–H and O–H groups in total. The van der Waals surface area contributed by atoms with Crippen molar-refractivity contribution in [2.24, 2.45) is 5.41 Å². The van der Waals surface area contributed by atoms with Crippen molar-refractivity contribution in [1.82, 2.24) is 4.90 Å². The van der Waals surface area contributed by atoms with Crippen molar-refractivity contribution in [3.8, 4) is 5.75 Å². The van der Waals surface area contributed by atoms with Crippen LogP contribution in [0.4, 0.5) is 4.39 Å². The average Bonchev–Trinajstić information content (AvgIpc) is 2.44. The minimum atomic E-state index is -0.548. The Morgan fingerprint density at radius 3 is 2.50 bits per heavy atom. The Balaban J connectivity index is 2.30. The maximum absolute atomic E-state index is 12.7. The number of hydrogen-bond donors (Lipinski definition) is 0. The summed E-state index contributed by atoms with van der Waals surface area (Å²) in [5, 5.41) is 0. The monoisotopic (exact) mass is 301 g/mol. The first-order valence-corrected chi connectivity index (χ1v) is 7.10. The van der Waals surface area contributed by atoms with E-state index in [1.54, 1.807) is 24.1 Å². The highest BCUT2D eigenvalue weighted by Gasteiger charge is 2.29. The summed E-state index contributed by atoms with van der Waals surface area (Å²) < 4.78 is 18.2. The molecule has 1 rings (SSSR count). The van der Waals surface area contributed by atoms with Gasteiger partial charge in [-0.25, -0.2) is 4.39 Å². The number of ether oxygens (including phenoxy) is 1. The van der Waals surface area contributed by atoms with E-state index in [0.29, 0.717) is 31.2 Å². The van der Waals surface area contributed by atoms with E-state index in [0.717, 1.165) is 0 Å². The summed E-state index contributed by atoms with van der Waals surface area (Å²) in [6, 6.07) is 5.88. The SMILES string of the molecule is CN(CCCOc1ccc(F)cc1)C(=O)C(C)(C)CCl. The van der Waals surface area contributed by atoms with Gasteiger partial charge in [0.05, 0.1) is 12.0 Å². The van der Waals surface area contributed by atoms with Crippen LogP contribution in [0.15, 0.2) is 24.3 Å². The lowest BCUT2D eigenvalue weighted by Crippen LogP contribution is -2.40. The first kappa shape index (κ1) is 16.8. The largest absolute Gasteiger partial charge is 0.494 e. The second-order valence-electron chi connectivity index (χ2n) is 5.40. The molecule has 5 heteroatoms. The number of benzene rings is 1. The topological polar surface area (TPSA) is 29.5 Å². The highest BCUT2D eigenvalue weighted by molar-refractivity contribution is 6.19. The Morgan fingerprint density at radius 1 is 1.35 bits per heavy atom. The third-order valence-corrected chi connectivity index (χ3v) is 3.65. The molecule has 0 aliphatic rings. The van der Waals surface area contributed by atoms with Crippen LogP contribution in [0, 0.1) is 11.2 Å². The molecule has 20 heavy (non-hydrogen) atoms. The zero-order valence-electron chi connectivity index (χ0n) is 12.2. The zero-order chi connectivity index (χ0) is 15.2. The molecule has 0 saturated carbocycles. The fraction of sp³-hybridized carbons (Fsp3) is 0.533. The van der Waals surface area contributed by atoms with Crippen molar-refractivity contribution < 1.29 is 13.9 Å². The number of alkyl halides is 1. The van der Waals surface area contributed by atoms with E-state index in [9.17, 15) is 9.18 Å². The van der Waals surface area contributed by atoms with Gasteiger partial charge in [-0.3, -0.25) is 4.79 Å². The van der Waals surface area contributed by atoms with Gasteiger partial charge in [0.1, 0.15) is 11.6 Å². The summed E-state index contributed by atoms with van der Waals surface area (Å²) in [7, 11) is 1.76. The van der Waals surface area contributed by atoms with Gasteiger partial charge in [-0.05, 0) is 44.5 Å². The van der Waals surface area contributed by atoms with Crippen LogP contribution in [0.1, 0.15) is 20.3 Å². The summed E-state index contributed by atoms with van der Waals surface area (Å²) >= 11 is 5.78. The molecule has 0 radical (unpaired) electrons. The Hall–Kier alpha value is -1.29. The predicted molar refractivity (Wildman–Crippen MR) is 78.7 cm³/mol. The average molecular weight is 302 g/mol. The molecule has 0 fully saturated rings. The summed E-state index contributed by atoms with van der Waals surface area (Å²) in [5.41, 5.74) is -0.548. The van der Waals surface area contributed by atoms with Gasteiger partial charge in [0, 0.05) is 19.5 Å². The van der Waals surface area contributed by atoms with Gasteiger partial charge >= 0.3 is 0 Å². The molecule has 0 saturated heterocycles. The van der Waals surface area contributed by atoms with Crippen LogP contribution >= 0.6 is 11.6 Å². The molecule has 1 amide bonds. The van der Waals surface area contributed by atoms with Crippen LogP contribution in [0.2, 0.25) is 0 Å². The number of amides is 1. The second kappa shape index (κ2) is 7.48. The molecule has 1 aromatic carbocycles. The summed E-state index contributed by atoms with van der Waals surface area (Å²) in [6.07, 6.45) is 0.706. The molecule has 0 aliphatic heterocycles. The molecule has 0 aliphatic carbocycles. The maximum atomic E-state index is 12.7. The van der Waals surface area contributed by atoms with Crippen molar-refractivity contribution in [2.75, 3.05) is 26.1 Å². The van der Waals surface area contributed by atoms with Crippen LogP contribution in [0.3, 0.4) is 0 Å². The van der Waals surface area contributed by atoms with Crippen molar-refractivity contribution >= 4 is 17.5 Å². The zero-order valence-corrected chi connectivity index (χ0v) is 12.9. The highest BCUT2D eigenvalue weighted by Crippen LogP contribution is 2.20. The van der Waals surface area contributed by atoms with Gasteiger partial charge in [0.15, 0.2) is 0 Å². The van der Waals surface area contributed by atoms with Gasteiger partial charge in [0.2, 0.25) is 5.91 Å². The summed E-state index contributed by atoms with van der Waals surface area (Å²) in [4.78, 5) is 13.7. The van der Waals surface area contributed by atoms with Crippen LogP contribution in [-0.4, -0.2) is 36.9 Å². The highest BCUT2D eigenvalue weighted by atomic mass is 35.5. The Bertz CT molecular complexity index is 434. The minimum Gasteiger partial charge on any atom is -0.494 e. The molecule has 0 bridgehead atoms. The van der Waals surface area contributed by atoms with E-state index >= 15 is 0 Å². The quantitative estimate of drug-likeness (QED) is 0.571. The van der Waals surface area contributed by atoms with Gasteiger partial charge in [0.25, 0.3) is 0 Å². The van der Waals surface area contributed by atoms with Crippen LogP contribution in [0.5, 0.6) is 5.75 Å². The van der Waals surface area contributed by atoms with E-state index in [4.69, 9.17) is 16.3 Å². The molecule has 0 aromatic heterocycles. The summed E-state index contributed by atoms with van der Waals surface area (Å²) in [6.45, 7) is 4.73. The molecule has 112 valence electrons. The van der Waals surface area contributed by atoms with E-state index in [2.05, 4.69) is 0 Å². The predicted octanol–water partition coefficient (Wildman–Crippen LogP) is 3.32. The first-order chi connectivity index (χ1) is 9.36. The number of carbonyl (C=O) groups is 1. The molecular formula is C15H21ClFNO2. The van der Waals surface area contributed by atoms with Gasteiger partial charge in [-0.2, -0.15) is 0 Å². The van der Waals surface area contributed by atoms with Crippen molar-refractivity contribution in [3.63, 3.8) is 0 Å². The van der Waals surface area contributed by atoms with Crippen molar-refractivity contribution in [3.05, 3.63) is 30.1 Å². The number of hydrogen-bond acceptors (Lipinski definition) is 2. The fourth-order valence-electron chi connectivity index (χ4n) is 1.70. The van der Waals surface area contributed by atoms with Crippen LogP contribution in [-0.2, 0) is 4.79 Å². The van der Waals surface area contributed by atoms with Gasteiger partial charge < -0.3 is 9.64 Å². The van der Waals surface area contributed by atoms with Crippen molar-refractivity contribution in [1.29, 1.82) is 0 Å². The maximum Gasteiger partial charge on any atom is 0.229 e. The van der Waals surface area contributed by atoms with Gasteiger partial charge in [-0.1, -0.05) is 0 Å². The second-order valence-corrected chi connectivity index (χ2v) is 5.67. The Kier molecular flexibility index (Phi) is 6.27. The molecule has 0 heterocycles. The molecular weight excluding hydrogens is 281 g/mol. The van der Waals surface area contributed by atoms with E-state index < -0.39 is 5.41 Å². The fourth-order valence-corrected chi connectivity index (χ4v) is 1.81. The Morgan fingerprint density at radius 2 is 1.95 bits per heavy atom. The lowest BCUT2D eigenvalue weighted by Gasteiger charge is -2.27. The van der Waals surface area contributed by atoms with E-state index in [-0.39, 0.29) is 11.7 Å². The van der Waals surface area contributed by atoms with Crippen molar-refractivity contribution in [2.45, 2.75) is 20.3 Å². The third kappa shape index (κ3) is 5.00. The standard InChI is InChI=1S/C15H21ClFNO2/c1-15(2,11-16)14(19)18(3)9-4-10-20-13-7-5-12(17)6-8-13/h5-8H,4,9-11H2,1-3H3. The number of carbonyl (C=O) groups excluding carboxylic acids is 1. The number of rotatable bonds is 7. The third-order valence-electron chi connectivity index (χ3n) is 2.98. The van der Waals surface area contributed by atoms with Crippen LogP contribution < -0.4 is 4.74 Å². The molecule has 3 nitrogen and oxygen atoms in total. The molecule has 0 spiro atoms. The Labute approximate surface area is 124 Å². The minimum absolute atomic E-state index is 0.0225.